The molecule has 0 amide bonds. The lowest BCUT2D eigenvalue weighted by atomic mass is 10.0. The van der Waals surface area contributed by atoms with Gasteiger partial charge in [0, 0.05) is 0 Å². The zero-order chi connectivity index (χ0) is 21.1. The van der Waals surface area contributed by atoms with Gasteiger partial charge >= 0.3 is 5.97 Å². The van der Waals surface area contributed by atoms with E-state index in [4.69, 9.17) is 4.74 Å². The van der Waals surface area contributed by atoms with Gasteiger partial charge in [-0.05, 0) is 41.2 Å². The van der Waals surface area contributed by atoms with Crippen molar-refractivity contribution >= 4 is 16.0 Å². The monoisotopic (exact) mass is 421 g/mol. The summed E-state index contributed by atoms with van der Waals surface area (Å²) in [6.07, 6.45) is 0.599. The Labute approximate surface area is 176 Å². The molecule has 6 heteroatoms. The Balaban J connectivity index is 1.58. The molecule has 30 heavy (non-hydrogen) atoms. The van der Waals surface area contributed by atoms with Gasteiger partial charge in [0.25, 0.3) is 0 Å². The van der Waals surface area contributed by atoms with Gasteiger partial charge in [0.2, 0.25) is 10.0 Å². The summed E-state index contributed by atoms with van der Waals surface area (Å²) in [6.45, 7) is 0. The molecular formula is C24H23NO4S. The summed E-state index contributed by atoms with van der Waals surface area (Å²) < 4.78 is 33.9. The molecule has 4 rings (SSSR count). The Morgan fingerprint density at radius 2 is 1.47 bits per heavy atom. The van der Waals surface area contributed by atoms with Crippen LogP contribution in [0.15, 0.2) is 89.8 Å². The van der Waals surface area contributed by atoms with Gasteiger partial charge in [-0.25, -0.2) is 13.1 Å². The number of nitrogens with one attached hydrogen (secondary N) is 1. The Morgan fingerprint density at radius 3 is 2.07 bits per heavy atom. The van der Waals surface area contributed by atoms with Crippen LogP contribution >= 0.6 is 0 Å². The maximum Gasteiger partial charge on any atom is 0.309 e. The molecule has 154 valence electrons. The zero-order valence-electron chi connectivity index (χ0n) is 16.6. The molecule has 0 unspecified atom stereocenters. The van der Waals surface area contributed by atoms with Crippen molar-refractivity contribution in [2.45, 2.75) is 17.4 Å². The van der Waals surface area contributed by atoms with Crippen LogP contribution in [0.3, 0.4) is 0 Å². The van der Waals surface area contributed by atoms with E-state index < -0.39 is 16.1 Å². The van der Waals surface area contributed by atoms with Crippen molar-refractivity contribution in [3.05, 3.63) is 90.5 Å². The molecule has 1 aliphatic carbocycles. The molecule has 1 saturated carbocycles. The van der Waals surface area contributed by atoms with E-state index in [2.05, 4.69) is 4.72 Å². The Morgan fingerprint density at radius 1 is 0.900 bits per heavy atom. The number of sulfonamides is 1. The summed E-state index contributed by atoms with van der Waals surface area (Å²) in [5, 5.41) is 0. The number of ether oxygens (including phenoxy) is 1. The van der Waals surface area contributed by atoms with Gasteiger partial charge in [0.1, 0.15) is 0 Å². The average molecular weight is 422 g/mol. The molecule has 5 nitrogen and oxygen atoms in total. The van der Waals surface area contributed by atoms with E-state index in [1.807, 2.05) is 60.7 Å². The highest BCUT2D eigenvalue weighted by Gasteiger charge is 2.50. The number of carbonyl (C=O) groups is 1. The minimum absolute atomic E-state index is 0.127. The third-order valence-electron chi connectivity index (χ3n) is 5.48. The third kappa shape index (κ3) is 4.30. The quantitative estimate of drug-likeness (QED) is 0.581. The molecule has 0 heterocycles. The van der Waals surface area contributed by atoms with Crippen LogP contribution in [-0.4, -0.2) is 21.5 Å². The molecule has 0 aliphatic heterocycles. The van der Waals surface area contributed by atoms with Crippen LogP contribution in [0.1, 0.15) is 18.0 Å². The van der Waals surface area contributed by atoms with Crippen LogP contribution in [0.4, 0.5) is 0 Å². The third-order valence-corrected chi connectivity index (χ3v) is 6.94. The van der Waals surface area contributed by atoms with Crippen molar-refractivity contribution in [3.8, 4) is 11.1 Å². The standard InChI is InChI=1S/C24H23NO4S/c1-29-24(26)22-16-21(22)23(19-10-6-3-7-11-19)25-30(27,28)20-14-12-18(13-15-20)17-8-4-2-5-9-17/h2-15,21-23,25H,16H2,1H3/t21-,22+,23-/m1/s1. The molecule has 0 saturated heterocycles. The molecule has 1 fully saturated rings. The summed E-state index contributed by atoms with van der Waals surface area (Å²) >= 11 is 0. The fourth-order valence-electron chi connectivity index (χ4n) is 3.76. The lowest BCUT2D eigenvalue weighted by Gasteiger charge is -2.19. The SMILES string of the molecule is COC(=O)[C@H]1C[C@H]1[C@H](NS(=O)(=O)c1ccc(-c2ccccc2)cc1)c1ccccc1. The zero-order valence-corrected chi connectivity index (χ0v) is 17.4. The van der Waals surface area contributed by atoms with E-state index in [1.165, 1.54) is 7.11 Å². The number of methoxy groups -OCH3 is 1. The second-order valence-electron chi connectivity index (χ2n) is 7.43. The maximum atomic E-state index is 13.1. The van der Waals surface area contributed by atoms with Crippen LogP contribution < -0.4 is 4.72 Å². The molecule has 0 spiro atoms. The maximum absolute atomic E-state index is 13.1. The lowest BCUT2D eigenvalue weighted by molar-refractivity contribution is -0.142. The minimum Gasteiger partial charge on any atom is -0.469 e. The minimum atomic E-state index is -3.77. The molecule has 0 radical (unpaired) electrons. The van der Waals surface area contributed by atoms with Crippen molar-refractivity contribution in [2.24, 2.45) is 11.8 Å². The van der Waals surface area contributed by atoms with Crippen LogP contribution in [0.25, 0.3) is 11.1 Å². The first kappa shape index (κ1) is 20.3. The van der Waals surface area contributed by atoms with E-state index >= 15 is 0 Å². The molecule has 0 aromatic heterocycles. The van der Waals surface area contributed by atoms with Crippen LogP contribution in [0.2, 0.25) is 0 Å². The van der Waals surface area contributed by atoms with E-state index in [-0.39, 0.29) is 22.7 Å². The summed E-state index contributed by atoms with van der Waals surface area (Å²) in [5.41, 5.74) is 2.80. The van der Waals surface area contributed by atoms with Gasteiger partial charge in [0.05, 0.1) is 24.0 Å². The average Bonchev–Trinajstić information content (AvgIpc) is 3.59. The number of esters is 1. The number of carbonyl (C=O) groups excluding carboxylic acids is 1. The molecule has 3 aromatic rings. The molecule has 0 bridgehead atoms. The largest absolute Gasteiger partial charge is 0.469 e. The topological polar surface area (TPSA) is 72.5 Å². The molecule has 3 aromatic carbocycles. The van der Waals surface area contributed by atoms with E-state index in [1.54, 1.807) is 24.3 Å². The predicted octanol–water partition coefficient (Wildman–Crippen LogP) is 4.18. The Kier molecular flexibility index (Phi) is 5.70. The summed E-state index contributed by atoms with van der Waals surface area (Å²) in [6, 6.07) is 25.5. The smallest absolute Gasteiger partial charge is 0.309 e. The Bertz CT molecular complexity index is 1110. The van der Waals surface area contributed by atoms with Crippen molar-refractivity contribution < 1.29 is 17.9 Å². The molecular weight excluding hydrogens is 398 g/mol. The van der Waals surface area contributed by atoms with Gasteiger partial charge in [-0.15, -0.1) is 0 Å². The molecule has 1 aliphatic rings. The number of rotatable bonds is 7. The first-order valence-electron chi connectivity index (χ1n) is 9.80. The van der Waals surface area contributed by atoms with Gasteiger partial charge in [-0.1, -0.05) is 72.8 Å². The Hall–Kier alpha value is -2.96. The summed E-state index contributed by atoms with van der Waals surface area (Å²) in [4.78, 5) is 12.1. The van der Waals surface area contributed by atoms with Crippen molar-refractivity contribution in [3.63, 3.8) is 0 Å². The van der Waals surface area contributed by atoms with E-state index in [9.17, 15) is 13.2 Å². The van der Waals surface area contributed by atoms with Gasteiger partial charge < -0.3 is 4.74 Å². The van der Waals surface area contributed by atoms with Gasteiger partial charge in [0.15, 0.2) is 0 Å². The highest BCUT2D eigenvalue weighted by Crippen LogP contribution is 2.48. The summed E-state index contributed by atoms with van der Waals surface area (Å²) in [7, 11) is -2.41. The highest BCUT2D eigenvalue weighted by molar-refractivity contribution is 7.89. The molecule has 3 atom stereocenters. The number of hydrogen-bond acceptors (Lipinski definition) is 4. The predicted molar refractivity (Wildman–Crippen MR) is 115 cm³/mol. The fraction of sp³-hybridized carbons (Fsp3) is 0.208. The van der Waals surface area contributed by atoms with Gasteiger partial charge in [-0.2, -0.15) is 0 Å². The second-order valence-corrected chi connectivity index (χ2v) is 9.14. The van der Waals surface area contributed by atoms with Crippen molar-refractivity contribution in [1.29, 1.82) is 0 Å². The second kappa shape index (κ2) is 8.42. The fourth-order valence-corrected chi connectivity index (χ4v) is 5.04. The van der Waals surface area contributed by atoms with Crippen LogP contribution in [-0.2, 0) is 19.6 Å². The number of benzene rings is 3. The van der Waals surface area contributed by atoms with Crippen molar-refractivity contribution in [1.82, 2.24) is 4.72 Å². The van der Waals surface area contributed by atoms with Crippen LogP contribution in [0.5, 0.6) is 0 Å². The van der Waals surface area contributed by atoms with Crippen LogP contribution in [0, 0.1) is 11.8 Å². The first-order chi connectivity index (χ1) is 14.5. The van der Waals surface area contributed by atoms with E-state index in [0.717, 1.165) is 16.7 Å². The first-order valence-corrected chi connectivity index (χ1v) is 11.3. The lowest BCUT2D eigenvalue weighted by Crippen LogP contribution is -2.31. The summed E-state index contributed by atoms with van der Waals surface area (Å²) in [5.74, 6) is -0.714. The normalized spacial score (nSPS) is 19.1. The van der Waals surface area contributed by atoms with Crippen molar-refractivity contribution in [2.75, 3.05) is 7.11 Å². The highest BCUT2D eigenvalue weighted by atomic mass is 32.2. The molecule has 1 N–H and O–H groups in total. The number of hydrogen-bond donors (Lipinski definition) is 1. The van der Waals surface area contributed by atoms with E-state index in [0.29, 0.717) is 6.42 Å². The van der Waals surface area contributed by atoms with Gasteiger partial charge in [-0.3, -0.25) is 4.79 Å².